The van der Waals surface area contributed by atoms with E-state index in [4.69, 9.17) is 24.4 Å². The molecule has 0 heterocycles. The molecule has 0 rings (SSSR count). The summed E-state index contributed by atoms with van der Waals surface area (Å²) in [5, 5.41) is 8.42. The maximum atomic E-state index is 8.88. The Labute approximate surface area is 135 Å². The van der Waals surface area contributed by atoms with Crippen LogP contribution in [-0.2, 0) is 4.57 Å². The van der Waals surface area contributed by atoms with E-state index < -0.39 is 7.82 Å². The minimum absolute atomic E-state index is 0. The van der Waals surface area contributed by atoms with Gasteiger partial charge in [0.05, 0.1) is 0 Å². The van der Waals surface area contributed by atoms with Crippen molar-refractivity contribution in [2.45, 2.75) is 45.4 Å². The first-order chi connectivity index (χ1) is 6.41. The van der Waals surface area contributed by atoms with Crippen LogP contribution in [0, 0.1) is 0 Å². The SMILES string of the molecule is CCCCCCCCO.O=P(O)(O)O.[H-].[K+]. The van der Waals surface area contributed by atoms with E-state index in [-0.39, 0.29) is 52.8 Å². The summed E-state index contributed by atoms with van der Waals surface area (Å²) in [4.78, 5) is 21.6. The smallest absolute Gasteiger partial charge is 1.00 e. The first kappa shape index (κ1) is 21.9. The topological polar surface area (TPSA) is 98.0 Å². The standard InChI is InChI=1S/C8H18O.K.H3O4P.H/c1-2-3-4-5-6-7-8-9;;1-5(2,3)4;/h9H,2-8H2,1H3;;(H3,1,2,3,4);/q;+1;;-1. The van der Waals surface area contributed by atoms with E-state index in [0.29, 0.717) is 6.61 Å². The van der Waals surface area contributed by atoms with Gasteiger partial charge in [0.1, 0.15) is 0 Å². The predicted molar refractivity (Wildman–Crippen MR) is 55.8 cm³/mol. The molecule has 0 aromatic carbocycles. The van der Waals surface area contributed by atoms with Crippen molar-refractivity contribution in [1.82, 2.24) is 0 Å². The minimum atomic E-state index is -4.64. The Morgan fingerprint density at radius 2 is 1.33 bits per heavy atom. The van der Waals surface area contributed by atoms with Crippen LogP contribution < -0.4 is 51.4 Å². The van der Waals surface area contributed by atoms with Gasteiger partial charge in [-0.3, -0.25) is 0 Å². The van der Waals surface area contributed by atoms with Crippen LogP contribution in [0.2, 0.25) is 0 Å². The van der Waals surface area contributed by atoms with Crippen LogP contribution in [0.4, 0.5) is 0 Å². The van der Waals surface area contributed by atoms with Crippen molar-refractivity contribution in [2.24, 2.45) is 0 Å². The van der Waals surface area contributed by atoms with Crippen LogP contribution in [0.25, 0.3) is 0 Å². The average molecular weight is 268 g/mol. The molecule has 7 heteroatoms. The molecule has 90 valence electrons. The van der Waals surface area contributed by atoms with E-state index in [1.165, 1.54) is 32.1 Å². The average Bonchev–Trinajstić information content (AvgIpc) is 2.01. The molecule has 0 aromatic rings. The molecule has 0 bridgehead atoms. The second kappa shape index (κ2) is 15.7. The molecule has 0 saturated heterocycles. The molecule has 0 atom stereocenters. The number of aliphatic hydroxyl groups excluding tert-OH is 1. The van der Waals surface area contributed by atoms with Gasteiger partial charge in [0.15, 0.2) is 0 Å². The number of rotatable bonds is 6. The largest absolute Gasteiger partial charge is 1.00 e. The molecular weight excluding hydrogens is 246 g/mol. The number of aliphatic hydroxyl groups is 1. The molecule has 0 saturated carbocycles. The van der Waals surface area contributed by atoms with Crippen LogP contribution in [-0.4, -0.2) is 26.4 Å². The zero-order valence-corrected chi connectivity index (χ0v) is 13.6. The third-order valence-corrected chi connectivity index (χ3v) is 1.51. The monoisotopic (exact) mass is 268 g/mol. The zero-order chi connectivity index (χ0) is 11.4. The molecule has 4 N–H and O–H groups in total. The van der Waals surface area contributed by atoms with Crippen molar-refractivity contribution in [3.05, 3.63) is 0 Å². The number of hydrogen-bond acceptors (Lipinski definition) is 2. The fraction of sp³-hybridized carbons (Fsp3) is 1.00. The number of hydrogen-bond donors (Lipinski definition) is 4. The molecule has 0 aliphatic carbocycles. The normalized spacial score (nSPS) is 9.93. The van der Waals surface area contributed by atoms with Gasteiger partial charge in [-0.25, -0.2) is 4.57 Å². The van der Waals surface area contributed by atoms with Crippen LogP contribution in [0.5, 0.6) is 0 Å². The number of unbranched alkanes of at least 4 members (excludes halogenated alkanes) is 5. The molecule has 0 aliphatic heterocycles. The molecule has 0 fully saturated rings. The predicted octanol–water partition coefficient (Wildman–Crippen LogP) is -1.47. The summed E-state index contributed by atoms with van der Waals surface area (Å²) in [7, 11) is -4.64. The summed E-state index contributed by atoms with van der Waals surface area (Å²) in [6, 6.07) is 0. The molecule has 15 heavy (non-hydrogen) atoms. The second-order valence-corrected chi connectivity index (χ2v) is 4.03. The van der Waals surface area contributed by atoms with Crippen molar-refractivity contribution >= 4 is 7.82 Å². The van der Waals surface area contributed by atoms with Crippen LogP contribution in [0.15, 0.2) is 0 Å². The molecule has 0 spiro atoms. The zero-order valence-electron chi connectivity index (χ0n) is 10.6. The maximum absolute atomic E-state index is 8.88. The fourth-order valence-corrected chi connectivity index (χ4v) is 0.892. The van der Waals surface area contributed by atoms with Gasteiger partial charge < -0.3 is 21.2 Å². The molecule has 0 aromatic heterocycles. The van der Waals surface area contributed by atoms with Gasteiger partial charge >= 0.3 is 59.2 Å². The van der Waals surface area contributed by atoms with E-state index in [0.717, 1.165) is 6.42 Å². The Balaban J connectivity index is -0.0000000904. The van der Waals surface area contributed by atoms with Crippen LogP contribution in [0.1, 0.15) is 46.9 Å². The molecular formula is C8H22KO5P. The third-order valence-electron chi connectivity index (χ3n) is 1.51. The van der Waals surface area contributed by atoms with Crippen molar-refractivity contribution in [3.8, 4) is 0 Å². The molecule has 0 radical (unpaired) electrons. The summed E-state index contributed by atoms with van der Waals surface area (Å²) >= 11 is 0. The van der Waals surface area contributed by atoms with Crippen molar-refractivity contribution in [2.75, 3.05) is 6.61 Å². The number of phosphoric acid groups is 1. The van der Waals surface area contributed by atoms with Crippen molar-refractivity contribution < 1.29 is 77.2 Å². The van der Waals surface area contributed by atoms with Gasteiger partial charge in [-0.1, -0.05) is 39.0 Å². The van der Waals surface area contributed by atoms with E-state index in [9.17, 15) is 0 Å². The second-order valence-electron chi connectivity index (χ2n) is 3.00. The summed E-state index contributed by atoms with van der Waals surface area (Å²) < 4.78 is 8.88. The molecule has 0 aliphatic rings. The Bertz CT molecular complexity index is 141. The van der Waals surface area contributed by atoms with Crippen molar-refractivity contribution in [1.29, 1.82) is 0 Å². The fourth-order valence-electron chi connectivity index (χ4n) is 0.892. The Hall–Kier alpha value is 1.71. The first-order valence-corrected chi connectivity index (χ1v) is 6.37. The van der Waals surface area contributed by atoms with Crippen LogP contribution in [0.3, 0.4) is 0 Å². The summed E-state index contributed by atoms with van der Waals surface area (Å²) in [5.74, 6) is 0. The summed E-state index contributed by atoms with van der Waals surface area (Å²) in [6.45, 7) is 2.58. The van der Waals surface area contributed by atoms with Gasteiger partial charge in [0.25, 0.3) is 0 Å². The van der Waals surface area contributed by atoms with Gasteiger partial charge in [-0.2, -0.15) is 0 Å². The van der Waals surface area contributed by atoms with E-state index >= 15 is 0 Å². The third kappa shape index (κ3) is 49.7. The van der Waals surface area contributed by atoms with Crippen molar-refractivity contribution in [3.63, 3.8) is 0 Å². The van der Waals surface area contributed by atoms with E-state index in [2.05, 4.69) is 6.92 Å². The Morgan fingerprint density at radius 1 is 1.00 bits per heavy atom. The molecule has 5 nitrogen and oxygen atoms in total. The maximum Gasteiger partial charge on any atom is 1.00 e. The van der Waals surface area contributed by atoms with Crippen LogP contribution >= 0.6 is 7.82 Å². The first-order valence-electron chi connectivity index (χ1n) is 4.81. The summed E-state index contributed by atoms with van der Waals surface area (Å²) in [5.41, 5.74) is 0. The summed E-state index contributed by atoms with van der Waals surface area (Å²) in [6.07, 6.45) is 7.50. The Kier molecular flexibility index (Phi) is 23.0. The van der Waals surface area contributed by atoms with Gasteiger partial charge in [-0.15, -0.1) is 0 Å². The van der Waals surface area contributed by atoms with E-state index in [1.807, 2.05) is 0 Å². The Morgan fingerprint density at radius 3 is 1.67 bits per heavy atom. The quantitative estimate of drug-likeness (QED) is 0.268. The molecule has 0 amide bonds. The van der Waals surface area contributed by atoms with Gasteiger partial charge in [0.2, 0.25) is 0 Å². The van der Waals surface area contributed by atoms with Gasteiger partial charge in [0, 0.05) is 6.61 Å². The van der Waals surface area contributed by atoms with E-state index in [1.54, 1.807) is 0 Å². The minimum Gasteiger partial charge on any atom is -1.00 e. The molecule has 0 unspecified atom stereocenters. The van der Waals surface area contributed by atoms with Gasteiger partial charge in [-0.05, 0) is 6.42 Å².